The van der Waals surface area contributed by atoms with Crippen LogP contribution in [0.25, 0.3) is 0 Å². The summed E-state index contributed by atoms with van der Waals surface area (Å²) in [7, 11) is 0. The summed E-state index contributed by atoms with van der Waals surface area (Å²) in [4.78, 5) is 11.5. The lowest BCUT2D eigenvalue weighted by atomic mass is 9.96. The number of benzene rings is 1. The predicted molar refractivity (Wildman–Crippen MR) is 90.4 cm³/mol. The molecule has 0 spiro atoms. The summed E-state index contributed by atoms with van der Waals surface area (Å²) in [6.45, 7) is 3.79. The van der Waals surface area contributed by atoms with E-state index in [0.29, 0.717) is 6.61 Å². The second-order valence-electron chi connectivity index (χ2n) is 5.89. The Morgan fingerprint density at radius 3 is 2.75 bits per heavy atom. The van der Waals surface area contributed by atoms with Crippen LogP contribution >= 0.6 is 11.8 Å². The van der Waals surface area contributed by atoms with Crippen LogP contribution in [-0.2, 0) is 19.0 Å². The van der Waals surface area contributed by atoms with E-state index in [1.165, 1.54) is 6.92 Å². The van der Waals surface area contributed by atoms with Crippen molar-refractivity contribution in [3.63, 3.8) is 0 Å². The zero-order valence-electron chi connectivity index (χ0n) is 13.8. The van der Waals surface area contributed by atoms with E-state index in [9.17, 15) is 9.90 Å². The minimum atomic E-state index is -0.855. The Morgan fingerprint density at radius 2 is 2.08 bits per heavy atom. The number of ether oxygens (including phenoxy) is 3. The van der Waals surface area contributed by atoms with Crippen molar-refractivity contribution in [3.05, 3.63) is 35.9 Å². The smallest absolute Gasteiger partial charge is 0.217 e. The van der Waals surface area contributed by atoms with E-state index in [1.54, 1.807) is 11.8 Å². The average molecular weight is 353 g/mol. The molecule has 132 valence electrons. The standard InChI is InChI=1S/C17H23NO5S/c1-3-24-17-13(18-10(2)19)14(20)15-12(22-17)9-21-16(23-15)11-7-5-4-6-8-11/h4-8,12-17,20H,3,9H2,1-2H3,(H,18,19)/t12-,13-,14-,15-,16-,17+/m0/s1. The first-order valence-electron chi connectivity index (χ1n) is 8.14. The number of aliphatic hydroxyl groups excluding tert-OH is 1. The number of carbonyl (C=O) groups excluding carboxylic acids is 1. The molecule has 0 aromatic heterocycles. The highest BCUT2D eigenvalue weighted by Crippen LogP contribution is 2.36. The van der Waals surface area contributed by atoms with Gasteiger partial charge in [-0.05, 0) is 5.75 Å². The fraction of sp³-hybridized carbons (Fsp3) is 0.588. The van der Waals surface area contributed by atoms with Gasteiger partial charge in [0, 0.05) is 12.5 Å². The molecule has 2 fully saturated rings. The fourth-order valence-corrected chi connectivity index (χ4v) is 4.05. The largest absolute Gasteiger partial charge is 0.388 e. The molecule has 1 aromatic rings. The summed E-state index contributed by atoms with van der Waals surface area (Å²) in [6, 6.07) is 9.08. The van der Waals surface area contributed by atoms with Crippen LogP contribution in [0, 0.1) is 0 Å². The third-order valence-electron chi connectivity index (χ3n) is 4.14. The molecule has 2 aliphatic rings. The summed E-state index contributed by atoms with van der Waals surface area (Å²) in [5.74, 6) is 0.619. The van der Waals surface area contributed by atoms with E-state index < -0.39 is 24.5 Å². The van der Waals surface area contributed by atoms with Gasteiger partial charge in [0.25, 0.3) is 0 Å². The number of fused-ring (bicyclic) bond motifs is 1. The third kappa shape index (κ3) is 3.75. The molecule has 1 amide bonds. The third-order valence-corrected chi connectivity index (χ3v) is 5.20. The Bertz CT molecular complexity index is 557. The minimum Gasteiger partial charge on any atom is -0.388 e. The van der Waals surface area contributed by atoms with Gasteiger partial charge in [-0.25, -0.2) is 0 Å². The Morgan fingerprint density at radius 1 is 1.33 bits per heavy atom. The fourth-order valence-electron chi connectivity index (χ4n) is 3.07. The average Bonchev–Trinajstić information content (AvgIpc) is 2.59. The van der Waals surface area contributed by atoms with Crippen LogP contribution in [-0.4, -0.2) is 53.2 Å². The molecule has 1 aromatic carbocycles. The van der Waals surface area contributed by atoms with E-state index in [2.05, 4.69) is 5.32 Å². The Hall–Kier alpha value is -1.12. The molecular formula is C17H23NO5S. The molecular weight excluding hydrogens is 330 g/mol. The van der Waals surface area contributed by atoms with Gasteiger partial charge in [0.15, 0.2) is 6.29 Å². The van der Waals surface area contributed by atoms with Gasteiger partial charge >= 0.3 is 0 Å². The molecule has 6 nitrogen and oxygen atoms in total. The molecule has 6 atom stereocenters. The van der Waals surface area contributed by atoms with Crippen LogP contribution in [0.2, 0.25) is 0 Å². The van der Waals surface area contributed by atoms with Crippen molar-refractivity contribution in [1.29, 1.82) is 0 Å². The monoisotopic (exact) mass is 353 g/mol. The second kappa shape index (κ2) is 7.84. The van der Waals surface area contributed by atoms with Gasteiger partial charge in [0.05, 0.1) is 12.6 Å². The van der Waals surface area contributed by atoms with Gasteiger partial charge < -0.3 is 24.6 Å². The molecule has 24 heavy (non-hydrogen) atoms. The number of hydrogen-bond acceptors (Lipinski definition) is 6. The SMILES string of the molecule is CCS[C@H]1O[C@H]2CO[C@H](c3ccccc3)O[C@@H]2[C@@H](O)[C@@H]1NC(C)=O. The first kappa shape index (κ1) is 17.7. The highest BCUT2D eigenvalue weighted by atomic mass is 32.2. The number of nitrogens with one attached hydrogen (secondary N) is 1. The predicted octanol–water partition coefficient (Wildman–Crippen LogP) is 1.44. The van der Waals surface area contributed by atoms with Crippen LogP contribution in [0.1, 0.15) is 25.7 Å². The summed E-state index contributed by atoms with van der Waals surface area (Å²) < 4.78 is 17.8. The van der Waals surface area contributed by atoms with Crippen molar-refractivity contribution in [3.8, 4) is 0 Å². The van der Waals surface area contributed by atoms with Crippen molar-refractivity contribution in [2.24, 2.45) is 0 Å². The maximum absolute atomic E-state index is 11.5. The van der Waals surface area contributed by atoms with Crippen LogP contribution < -0.4 is 5.32 Å². The van der Waals surface area contributed by atoms with Gasteiger partial charge in [-0.2, -0.15) is 0 Å². The number of aliphatic hydroxyl groups is 1. The van der Waals surface area contributed by atoms with Gasteiger partial charge in [0.1, 0.15) is 23.7 Å². The summed E-state index contributed by atoms with van der Waals surface area (Å²) in [5, 5.41) is 13.6. The van der Waals surface area contributed by atoms with E-state index >= 15 is 0 Å². The van der Waals surface area contributed by atoms with Gasteiger partial charge in [-0.3, -0.25) is 4.79 Å². The normalized spacial score (nSPS) is 36.0. The Balaban J connectivity index is 1.76. The molecule has 0 unspecified atom stereocenters. The summed E-state index contributed by atoms with van der Waals surface area (Å²) >= 11 is 1.55. The van der Waals surface area contributed by atoms with Crippen molar-refractivity contribution < 1.29 is 24.1 Å². The molecule has 0 saturated carbocycles. The van der Waals surface area contributed by atoms with E-state index in [-0.39, 0.29) is 17.4 Å². The van der Waals surface area contributed by atoms with Gasteiger partial charge in [-0.15, -0.1) is 11.8 Å². The lowest BCUT2D eigenvalue weighted by molar-refractivity contribution is -0.306. The zero-order valence-corrected chi connectivity index (χ0v) is 14.6. The highest BCUT2D eigenvalue weighted by molar-refractivity contribution is 7.99. The Kier molecular flexibility index (Phi) is 5.78. The second-order valence-corrected chi connectivity index (χ2v) is 7.27. The lowest BCUT2D eigenvalue weighted by Crippen LogP contribution is -2.65. The number of rotatable bonds is 4. The van der Waals surface area contributed by atoms with Crippen LogP contribution in [0.5, 0.6) is 0 Å². The maximum atomic E-state index is 11.5. The van der Waals surface area contributed by atoms with Crippen molar-refractivity contribution in [1.82, 2.24) is 5.32 Å². The zero-order chi connectivity index (χ0) is 17.1. The van der Waals surface area contributed by atoms with Crippen molar-refractivity contribution in [2.45, 2.75) is 49.9 Å². The number of thioether (sulfide) groups is 1. The molecule has 2 N–H and O–H groups in total. The van der Waals surface area contributed by atoms with Crippen LogP contribution in [0.15, 0.2) is 30.3 Å². The summed E-state index contributed by atoms with van der Waals surface area (Å²) in [5.41, 5.74) is 0.569. The van der Waals surface area contributed by atoms with Crippen LogP contribution in [0.4, 0.5) is 0 Å². The molecule has 2 aliphatic heterocycles. The first-order chi connectivity index (χ1) is 11.6. The number of carbonyl (C=O) groups is 1. The lowest BCUT2D eigenvalue weighted by Gasteiger charge is -2.47. The first-order valence-corrected chi connectivity index (χ1v) is 9.19. The topological polar surface area (TPSA) is 77.0 Å². The van der Waals surface area contributed by atoms with Crippen LogP contribution in [0.3, 0.4) is 0 Å². The van der Waals surface area contributed by atoms with E-state index in [1.807, 2.05) is 37.3 Å². The van der Waals surface area contributed by atoms with Crippen molar-refractivity contribution in [2.75, 3.05) is 12.4 Å². The Labute approximate surface area is 145 Å². The van der Waals surface area contributed by atoms with Gasteiger partial charge in [-0.1, -0.05) is 37.3 Å². The van der Waals surface area contributed by atoms with Gasteiger partial charge in [0.2, 0.25) is 5.91 Å². The molecule has 0 radical (unpaired) electrons. The highest BCUT2D eigenvalue weighted by Gasteiger charge is 2.49. The molecule has 7 heteroatoms. The quantitative estimate of drug-likeness (QED) is 0.853. The summed E-state index contributed by atoms with van der Waals surface area (Å²) in [6.07, 6.45) is -2.30. The molecule has 2 saturated heterocycles. The molecule has 0 bridgehead atoms. The maximum Gasteiger partial charge on any atom is 0.217 e. The minimum absolute atomic E-state index is 0.200. The number of hydrogen-bond donors (Lipinski definition) is 2. The molecule has 3 rings (SSSR count). The number of amides is 1. The molecule has 2 heterocycles. The van der Waals surface area contributed by atoms with E-state index in [4.69, 9.17) is 14.2 Å². The van der Waals surface area contributed by atoms with Crippen molar-refractivity contribution >= 4 is 17.7 Å². The van der Waals surface area contributed by atoms with E-state index in [0.717, 1.165) is 11.3 Å². The molecule has 0 aliphatic carbocycles.